The number of anilines is 1. The molecule has 1 saturated heterocycles. The van der Waals surface area contributed by atoms with E-state index in [9.17, 15) is 9.90 Å². The zero-order chi connectivity index (χ0) is 14.8. The van der Waals surface area contributed by atoms with Gasteiger partial charge >= 0.3 is 6.09 Å². The van der Waals surface area contributed by atoms with Gasteiger partial charge in [0.25, 0.3) is 0 Å². The number of nitrogens with zero attached hydrogens (tertiary/aromatic N) is 3. The molecule has 20 heavy (non-hydrogen) atoms. The fourth-order valence-electron chi connectivity index (χ4n) is 2.06. The Morgan fingerprint density at radius 1 is 1.30 bits per heavy atom. The molecule has 0 spiro atoms. The first kappa shape index (κ1) is 14.4. The van der Waals surface area contributed by atoms with Gasteiger partial charge < -0.3 is 19.6 Å². The summed E-state index contributed by atoms with van der Waals surface area (Å²) in [4.78, 5) is 19.8. The third-order valence-electron chi connectivity index (χ3n) is 3.00. The lowest BCUT2D eigenvalue weighted by molar-refractivity contribution is 0.0240. The van der Waals surface area contributed by atoms with E-state index in [4.69, 9.17) is 4.74 Å². The predicted molar refractivity (Wildman–Crippen MR) is 75.9 cm³/mol. The third-order valence-corrected chi connectivity index (χ3v) is 3.00. The fraction of sp³-hybridized carbons (Fsp3) is 0.571. The van der Waals surface area contributed by atoms with Crippen LogP contribution in [0.3, 0.4) is 0 Å². The molecule has 2 rings (SSSR count). The Morgan fingerprint density at radius 3 is 2.50 bits per heavy atom. The van der Waals surface area contributed by atoms with Gasteiger partial charge in [0.05, 0.1) is 0 Å². The molecule has 0 saturated carbocycles. The number of pyridine rings is 1. The van der Waals surface area contributed by atoms with Crippen molar-refractivity contribution < 1.29 is 14.6 Å². The number of hydrogen-bond acceptors (Lipinski definition) is 5. The van der Waals surface area contributed by atoms with Crippen LogP contribution in [0.5, 0.6) is 5.75 Å². The van der Waals surface area contributed by atoms with Crippen molar-refractivity contribution in [2.24, 2.45) is 0 Å². The smallest absolute Gasteiger partial charge is 0.410 e. The van der Waals surface area contributed by atoms with Crippen LogP contribution in [0.4, 0.5) is 10.6 Å². The van der Waals surface area contributed by atoms with E-state index in [1.807, 2.05) is 25.7 Å². The first-order chi connectivity index (χ1) is 9.37. The van der Waals surface area contributed by atoms with Gasteiger partial charge in [0.15, 0.2) is 11.6 Å². The van der Waals surface area contributed by atoms with Crippen molar-refractivity contribution in [2.75, 3.05) is 31.1 Å². The van der Waals surface area contributed by atoms with Crippen molar-refractivity contribution in [3.63, 3.8) is 0 Å². The van der Waals surface area contributed by atoms with Crippen LogP contribution in [0.25, 0.3) is 0 Å². The summed E-state index contributed by atoms with van der Waals surface area (Å²) in [5.74, 6) is 0.731. The molecule has 0 bridgehead atoms. The zero-order valence-corrected chi connectivity index (χ0v) is 12.2. The highest BCUT2D eigenvalue weighted by molar-refractivity contribution is 5.68. The maximum absolute atomic E-state index is 11.9. The molecular weight excluding hydrogens is 258 g/mol. The molecular formula is C14H21N3O3. The van der Waals surface area contributed by atoms with E-state index >= 15 is 0 Å². The number of ether oxygens (including phenoxy) is 1. The monoisotopic (exact) mass is 279 g/mol. The Balaban J connectivity index is 1.93. The standard InChI is InChI=1S/C14H21N3O3/c1-14(2,3)20-13(19)17-9-7-16(8-10-17)12-11(18)5-4-6-15-12/h4-6,18H,7-10H2,1-3H3. The van der Waals surface area contributed by atoms with E-state index in [1.54, 1.807) is 23.2 Å². The highest BCUT2D eigenvalue weighted by Crippen LogP contribution is 2.24. The molecule has 1 fully saturated rings. The Hall–Kier alpha value is -1.98. The molecule has 0 aliphatic carbocycles. The highest BCUT2D eigenvalue weighted by Gasteiger charge is 2.26. The lowest BCUT2D eigenvalue weighted by atomic mass is 10.2. The summed E-state index contributed by atoms with van der Waals surface area (Å²) < 4.78 is 5.35. The minimum absolute atomic E-state index is 0.165. The molecule has 1 aromatic heterocycles. The summed E-state index contributed by atoms with van der Waals surface area (Å²) in [6, 6.07) is 3.30. The maximum Gasteiger partial charge on any atom is 0.410 e. The first-order valence-corrected chi connectivity index (χ1v) is 6.74. The second-order valence-corrected chi connectivity index (χ2v) is 5.80. The average Bonchev–Trinajstić information content (AvgIpc) is 2.37. The lowest BCUT2D eigenvalue weighted by Crippen LogP contribution is -2.50. The number of carbonyl (C=O) groups excluding carboxylic acids is 1. The quantitative estimate of drug-likeness (QED) is 0.849. The number of rotatable bonds is 1. The highest BCUT2D eigenvalue weighted by atomic mass is 16.6. The number of carbonyl (C=O) groups is 1. The van der Waals surface area contributed by atoms with Gasteiger partial charge in [-0.1, -0.05) is 0 Å². The predicted octanol–water partition coefficient (Wildman–Crippen LogP) is 1.84. The normalized spacial score (nSPS) is 16.1. The van der Waals surface area contributed by atoms with Gasteiger partial charge in [-0.3, -0.25) is 0 Å². The summed E-state index contributed by atoms with van der Waals surface area (Å²) in [7, 11) is 0. The van der Waals surface area contributed by atoms with Crippen LogP contribution in [0.2, 0.25) is 0 Å². The Bertz CT molecular complexity index is 477. The molecule has 0 radical (unpaired) electrons. The van der Waals surface area contributed by atoms with Crippen LogP contribution >= 0.6 is 0 Å². The summed E-state index contributed by atoms with van der Waals surface area (Å²) >= 11 is 0. The topological polar surface area (TPSA) is 65.9 Å². The average molecular weight is 279 g/mol. The largest absolute Gasteiger partial charge is 0.504 e. The minimum atomic E-state index is -0.479. The molecule has 1 aliphatic rings. The molecule has 0 atom stereocenters. The zero-order valence-electron chi connectivity index (χ0n) is 12.2. The molecule has 1 amide bonds. The Kier molecular flexibility index (Phi) is 4.01. The molecule has 1 aliphatic heterocycles. The van der Waals surface area contributed by atoms with Crippen LogP contribution in [-0.4, -0.2) is 52.9 Å². The van der Waals surface area contributed by atoms with E-state index in [-0.39, 0.29) is 11.8 Å². The van der Waals surface area contributed by atoms with Gasteiger partial charge in [0, 0.05) is 32.4 Å². The SMILES string of the molecule is CC(C)(C)OC(=O)N1CCN(c2ncccc2O)CC1. The summed E-state index contributed by atoms with van der Waals surface area (Å²) in [5, 5.41) is 9.78. The fourth-order valence-corrected chi connectivity index (χ4v) is 2.06. The number of amides is 1. The van der Waals surface area contributed by atoms with E-state index in [0.717, 1.165) is 0 Å². The van der Waals surface area contributed by atoms with Crippen LogP contribution < -0.4 is 4.90 Å². The number of aromatic hydroxyl groups is 1. The summed E-state index contributed by atoms with van der Waals surface area (Å²) in [5.41, 5.74) is -0.479. The molecule has 2 heterocycles. The van der Waals surface area contributed by atoms with Gasteiger partial charge in [0.2, 0.25) is 0 Å². The second kappa shape index (κ2) is 5.56. The number of aromatic nitrogens is 1. The van der Waals surface area contributed by atoms with Crippen molar-refractivity contribution in [3.05, 3.63) is 18.3 Å². The Morgan fingerprint density at radius 2 is 1.95 bits per heavy atom. The molecule has 1 aromatic rings. The van der Waals surface area contributed by atoms with Crippen molar-refractivity contribution in [1.29, 1.82) is 0 Å². The van der Waals surface area contributed by atoms with Gasteiger partial charge in [-0.25, -0.2) is 9.78 Å². The minimum Gasteiger partial charge on any atom is -0.504 e. The molecule has 1 N–H and O–H groups in total. The molecule has 6 heteroatoms. The van der Waals surface area contributed by atoms with Crippen LogP contribution in [0.15, 0.2) is 18.3 Å². The van der Waals surface area contributed by atoms with Crippen molar-refractivity contribution in [3.8, 4) is 5.75 Å². The first-order valence-electron chi connectivity index (χ1n) is 6.74. The van der Waals surface area contributed by atoms with Crippen molar-refractivity contribution in [2.45, 2.75) is 26.4 Å². The molecule has 6 nitrogen and oxygen atoms in total. The molecule has 0 aromatic carbocycles. The summed E-state index contributed by atoms with van der Waals surface area (Å²) in [6.07, 6.45) is 1.36. The molecule has 0 unspecified atom stereocenters. The van der Waals surface area contributed by atoms with Crippen LogP contribution in [0.1, 0.15) is 20.8 Å². The van der Waals surface area contributed by atoms with Crippen LogP contribution in [-0.2, 0) is 4.74 Å². The molecule has 110 valence electrons. The van der Waals surface area contributed by atoms with Crippen molar-refractivity contribution >= 4 is 11.9 Å². The van der Waals surface area contributed by atoms with Gasteiger partial charge in [0.1, 0.15) is 5.60 Å². The van der Waals surface area contributed by atoms with E-state index in [0.29, 0.717) is 32.0 Å². The second-order valence-electron chi connectivity index (χ2n) is 5.80. The number of piperazine rings is 1. The van der Waals surface area contributed by atoms with E-state index in [1.165, 1.54) is 0 Å². The van der Waals surface area contributed by atoms with E-state index < -0.39 is 5.60 Å². The van der Waals surface area contributed by atoms with Crippen molar-refractivity contribution in [1.82, 2.24) is 9.88 Å². The lowest BCUT2D eigenvalue weighted by Gasteiger charge is -2.36. The van der Waals surface area contributed by atoms with Gasteiger partial charge in [-0.2, -0.15) is 0 Å². The number of hydrogen-bond donors (Lipinski definition) is 1. The van der Waals surface area contributed by atoms with E-state index in [2.05, 4.69) is 4.98 Å². The maximum atomic E-state index is 11.9. The Labute approximate surface area is 119 Å². The van der Waals surface area contributed by atoms with Gasteiger partial charge in [-0.15, -0.1) is 0 Å². The van der Waals surface area contributed by atoms with Gasteiger partial charge in [-0.05, 0) is 32.9 Å². The van der Waals surface area contributed by atoms with Crippen LogP contribution in [0, 0.1) is 0 Å². The summed E-state index contributed by atoms with van der Waals surface area (Å²) in [6.45, 7) is 7.94. The third kappa shape index (κ3) is 3.53.